The number of benzene rings is 2. The van der Waals surface area contributed by atoms with E-state index in [2.05, 4.69) is 4.90 Å². The Morgan fingerprint density at radius 2 is 1.79 bits per heavy atom. The monoisotopic (exact) mass is 462 g/mol. The average molecular weight is 463 g/mol. The lowest BCUT2D eigenvalue weighted by atomic mass is 9.97. The minimum Gasteiger partial charge on any atom is -0.465 e. The van der Waals surface area contributed by atoms with Crippen LogP contribution in [-0.2, 0) is 9.47 Å². The van der Waals surface area contributed by atoms with Crippen LogP contribution in [0.3, 0.4) is 0 Å². The maximum Gasteiger partial charge on any atom is 0.337 e. The van der Waals surface area contributed by atoms with Crippen molar-refractivity contribution < 1.29 is 23.5 Å². The summed E-state index contributed by atoms with van der Waals surface area (Å²) in [5, 5.41) is 0.456. The number of carbonyl (C=O) groups is 2. The van der Waals surface area contributed by atoms with Crippen LogP contribution in [0.4, 0.5) is 0 Å². The van der Waals surface area contributed by atoms with Crippen LogP contribution in [0.2, 0.25) is 0 Å². The van der Waals surface area contributed by atoms with E-state index in [9.17, 15) is 14.4 Å². The van der Waals surface area contributed by atoms with Gasteiger partial charge in [0.15, 0.2) is 5.43 Å². The highest BCUT2D eigenvalue weighted by atomic mass is 16.5. The third kappa shape index (κ3) is 3.89. The highest BCUT2D eigenvalue weighted by Crippen LogP contribution is 2.38. The van der Waals surface area contributed by atoms with Gasteiger partial charge in [-0.25, -0.2) is 4.79 Å². The molecule has 176 valence electrons. The molecule has 0 spiro atoms. The predicted octanol–water partition coefficient (Wildman–Crippen LogP) is 2.77. The van der Waals surface area contributed by atoms with E-state index in [4.69, 9.17) is 13.9 Å². The molecule has 0 saturated carbocycles. The van der Waals surface area contributed by atoms with Gasteiger partial charge in [-0.1, -0.05) is 23.8 Å². The van der Waals surface area contributed by atoms with E-state index in [1.54, 1.807) is 41.3 Å². The SMILES string of the molecule is COC(=O)c1ccc([C@H]2c3c(oc4ccc(C)cc4c3=O)C(=O)N2CCN2CCOCC2)cc1. The summed E-state index contributed by atoms with van der Waals surface area (Å²) in [6.45, 7) is 5.93. The first-order valence-corrected chi connectivity index (χ1v) is 11.3. The van der Waals surface area contributed by atoms with Gasteiger partial charge in [-0.2, -0.15) is 0 Å². The number of nitrogens with zero attached hydrogens (tertiary/aromatic N) is 2. The summed E-state index contributed by atoms with van der Waals surface area (Å²) in [4.78, 5) is 43.0. The lowest BCUT2D eigenvalue weighted by molar-refractivity contribution is 0.0314. The minimum atomic E-state index is -0.601. The second-order valence-electron chi connectivity index (χ2n) is 8.64. The molecule has 1 amide bonds. The van der Waals surface area contributed by atoms with Gasteiger partial charge < -0.3 is 18.8 Å². The Hall–Kier alpha value is -3.49. The van der Waals surface area contributed by atoms with Crippen LogP contribution in [-0.4, -0.2) is 68.2 Å². The fourth-order valence-corrected chi connectivity index (χ4v) is 4.70. The molecule has 5 rings (SSSR count). The first kappa shape index (κ1) is 22.3. The van der Waals surface area contributed by atoms with E-state index >= 15 is 0 Å². The van der Waals surface area contributed by atoms with Crippen molar-refractivity contribution in [1.82, 2.24) is 9.80 Å². The Labute approximate surface area is 196 Å². The number of rotatable bonds is 5. The first-order chi connectivity index (χ1) is 16.5. The van der Waals surface area contributed by atoms with Gasteiger partial charge in [0.1, 0.15) is 5.58 Å². The molecule has 1 atom stereocenters. The zero-order valence-corrected chi connectivity index (χ0v) is 19.2. The fourth-order valence-electron chi connectivity index (χ4n) is 4.70. The van der Waals surface area contributed by atoms with E-state index in [0.29, 0.717) is 48.4 Å². The number of amides is 1. The summed E-state index contributed by atoms with van der Waals surface area (Å²) >= 11 is 0. The molecule has 1 saturated heterocycles. The molecular weight excluding hydrogens is 436 g/mol. The van der Waals surface area contributed by atoms with Crippen LogP contribution in [0.25, 0.3) is 11.0 Å². The number of methoxy groups -OCH3 is 1. The largest absolute Gasteiger partial charge is 0.465 e. The maximum atomic E-state index is 13.6. The van der Waals surface area contributed by atoms with Gasteiger partial charge in [-0.05, 0) is 36.8 Å². The van der Waals surface area contributed by atoms with Gasteiger partial charge in [0, 0.05) is 26.2 Å². The standard InChI is InChI=1S/C26H26N2O6/c1-16-3-8-20-19(15-16)23(29)21-22(17-4-6-18(7-5-17)26(31)32-2)28(25(30)24(21)34-20)10-9-27-11-13-33-14-12-27/h3-8,15,22H,9-14H2,1-2H3/t22-/m0/s1. The number of aryl methyl sites for hydroxylation is 1. The van der Waals surface area contributed by atoms with Crippen molar-refractivity contribution in [2.75, 3.05) is 46.5 Å². The molecule has 2 aromatic carbocycles. The highest BCUT2D eigenvalue weighted by Gasteiger charge is 2.42. The number of carbonyl (C=O) groups excluding carboxylic acids is 2. The summed E-state index contributed by atoms with van der Waals surface area (Å²) in [5.41, 5.74) is 2.61. The maximum absolute atomic E-state index is 13.6. The van der Waals surface area contributed by atoms with Crippen molar-refractivity contribution >= 4 is 22.8 Å². The van der Waals surface area contributed by atoms with Crippen molar-refractivity contribution in [1.29, 1.82) is 0 Å². The summed E-state index contributed by atoms with van der Waals surface area (Å²) in [6, 6.07) is 11.6. The summed E-state index contributed by atoms with van der Waals surface area (Å²) in [5.74, 6) is -0.658. The Bertz CT molecular complexity index is 1310. The van der Waals surface area contributed by atoms with E-state index in [1.807, 2.05) is 13.0 Å². The van der Waals surface area contributed by atoms with Crippen LogP contribution >= 0.6 is 0 Å². The van der Waals surface area contributed by atoms with E-state index < -0.39 is 12.0 Å². The summed E-state index contributed by atoms with van der Waals surface area (Å²) < 4.78 is 16.2. The predicted molar refractivity (Wildman–Crippen MR) is 125 cm³/mol. The number of hydrogen-bond acceptors (Lipinski definition) is 7. The quantitative estimate of drug-likeness (QED) is 0.539. The summed E-state index contributed by atoms with van der Waals surface area (Å²) in [7, 11) is 1.33. The molecule has 2 aliphatic rings. The molecule has 2 aliphatic heterocycles. The van der Waals surface area contributed by atoms with Crippen molar-refractivity contribution in [2.45, 2.75) is 13.0 Å². The first-order valence-electron chi connectivity index (χ1n) is 11.3. The lowest BCUT2D eigenvalue weighted by Gasteiger charge is -2.31. The molecule has 3 heterocycles. The zero-order valence-electron chi connectivity index (χ0n) is 19.2. The molecule has 0 aliphatic carbocycles. The van der Waals surface area contributed by atoms with Crippen molar-refractivity contribution in [3.8, 4) is 0 Å². The topological polar surface area (TPSA) is 89.3 Å². The molecule has 3 aromatic rings. The van der Waals surface area contributed by atoms with Gasteiger partial charge >= 0.3 is 5.97 Å². The smallest absolute Gasteiger partial charge is 0.337 e. The van der Waals surface area contributed by atoms with Crippen LogP contribution in [0.1, 0.15) is 43.6 Å². The van der Waals surface area contributed by atoms with E-state index in [1.165, 1.54) is 7.11 Å². The highest BCUT2D eigenvalue weighted by molar-refractivity contribution is 5.99. The molecule has 1 aromatic heterocycles. The number of ether oxygens (including phenoxy) is 2. The summed E-state index contributed by atoms with van der Waals surface area (Å²) in [6.07, 6.45) is 0. The molecule has 0 bridgehead atoms. The third-order valence-electron chi connectivity index (χ3n) is 6.53. The van der Waals surface area contributed by atoms with E-state index in [-0.39, 0.29) is 17.1 Å². The number of morpholine rings is 1. The van der Waals surface area contributed by atoms with Gasteiger partial charge in [-0.3, -0.25) is 14.5 Å². The van der Waals surface area contributed by atoms with Crippen LogP contribution in [0, 0.1) is 6.92 Å². The molecule has 8 heteroatoms. The van der Waals surface area contributed by atoms with Gasteiger partial charge in [-0.15, -0.1) is 0 Å². The van der Waals surface area contributed by atoms with Crippen LogP contribution in [0.5, 0.6) is 0 Å². The molecule has 34 heavy (non-hydrogen) atoms. The third-order valence-corrected chi connectivity index (χ3v) is 6.53. The number of esters is 1. The van der Waals surface area contributed by atoms with Crippen molar-refractivity contribution in [3.05, 3.63) is 80.7 Å². The number of fused-ring (bicyclic) bond motifs is 2. The Morgan fingerprint density at radius 1 is 1.06 bits per heavy atom. The molecule has 0 N–H and O–H groups in total. The van der Waals surface area contributed by atoms with Gasteiger partial charge in [0.2, 0.25) is 5.76 Å². The Kier molecular flexibility index (Phi) is 5.93. The second kappa shape index (κ2) is 9.04. The van der Waals surface area contributed by atoms with Gasteiger partial charge in [0.25, 0.3) is 5.91 Å². The molecule has 8 nitrogen and oxygen atoms in total. The molecule has 0 unspecified atom stereocenters. The van der Waals surface area contributed by atoms with Crippen LogP contribution in [0.15, 0.2) is 51.7 Å². The second-order valence-corrected chi connectivity index (χ2v) is 8.64. The molecule has 1 fully saturated rings. The van der Waals surface area contributed by atoms with Crippen molar-refractivity contribution in [3.63, 3.8) is 0 Å². The van der Waals surface area contributed by atoms with E-state index in [0.717, 1.165) is 24.2 Å². The molecular formula is C26H26N2O6. The van der Waals surface area contributed by atoms with Crippen LogP contribution < -0.4 is 5.43 Å². The van der Waals surface area contributed by atoms with Gasteiger partial charge in [0.05, 0.1) is 42.9 Å². The Balaban J connectivity index is 1.59. The normalized spacial score (nSPS) is 18.4. The van der Waals surface area contributed by atoms with Crippen molar-refractivity contribution in [2.24, 2.45) is 0 Å². The Morgan fingerprint density at radius 3 is 2.50 bits per heavy atom. The average Bonchev–Trinajstić information content (AvgIpc) is 3.15. The zero-order chi connectivity index (χ0) is 23.8. The number of hydrogen-bond donors (Lipinski definition) is 0. The molecule has 0 radical (unpaired) electrons. The fraction of sp³-hybridized carbons (Fsp3) is 0.346. The lowest BCUT2D eigenvalue weighted by Crippen LogP contribution is -2.42. The minimum absolute atomic E-state index is 0.0883.